The molecule has 1 aromatic carbocycles. The number of benzene rings is 1. The van der Waals surface area contributed by atoms with E-state index >= 15 is 0 Å². The number of nitrogens with two attached hydrogens (primary N) is 1. The molecular weight excluding hydrogens is 254 g/mol. The van der Waals surface area contributed by atoms with Crippen LogP contribution in [0.5, 0.6) is 0 Å². The van der Waals surface area contributed by atoms with Crippen LogP contribution in [-0.4, -0.2) is 23.0 Å². The number of hydrogen-bond acceptors (Lipinski definition) is 3. The van der Waals surface area contributed by atoms with Gasteiger partial charge in [-0.3, -0.25) is 0 Å². The van der Waals surface area contributed by atoms with Gasteiger partial charge >= 0.3 is 0 Å². The topological polar surface area (TPSA) is 46.2 Å². The van der Waals surface area contributed by atoms with Crippen LogP contribution < -0.4 is 5.73 Å². The highest BCUT2D eigenvalue weighted by molar-refractivity contribution is 8.00. The lowest BCUT2D eigenvalue weighted by Crippen LogP contribution is -2.27. The lowest BCUT2D eigenvalue weighted by molar-refractivity contribution is 0.299. The van der Waals surface area contributed by atoms with E-state index in [1.165, 1.54) is 0 Å². The molecule has 0 bridgehead atoms. The number of thioether (sulfide) groups is 1. The molecule has 0 heterocycles. The van der Waals surface area contributed by atoms with Crippen LogP contribution in [0.2, 0.25) is 5.02 Å². The summed E-state index contributed by atoms with van der Waals surface area (Å²) in [6.45, 7) is 4.22. The van der Waals surface area contributed by atoms with Gasteiger partial charge in [0.15, 0.2) is 0 Å². The highest BCUT2D eigenvalue weighted by atomic mass is 35.5. The Kier molecular flexibility index (Phi) is 6.34. The SMILES string of the molecule is CCC(N)C(SC(C)CO)c1ccccc1Cl. The van der Waals surface area contributed by atoms with Gasteiger partial charge < -0.3 is 10.8 Å². The van der Waals surface area contributed by atoms with Crippen LogP contribution in [0.25, 0.3) is 0 Å². The molecule has 1 rings (SSSR count). The van der Waals surface area contributed by atoms with E-state index in [1.54, 1.807) is 11.8 Å². The Labute approximate surface area is 113 Å². The second-order valence-electron chi connectivity index (χ2n) is 4.14. The van der Waals surface area contributed by atoms with Crippen molar-refractivity contribution >= 4 is 23.4 Å². The minimum absolute atomic E-state index is 0.0499. The Bertz CT molecular complexity index is 348. The summed E-state index contributed by atoms with van der Waals surface area (Å²) in [5, 5.41) is 10.2. The molecule has 1 aromatic rings. The number of rotatable bonds is 6. The molecular formula is C13H20ClNOS. The van der Waals surface area contributed by atoms with Crippen LogP contribution in [-0.2, 0) is 0 Å². The molecule has 2 nitrogen and oxygen atoms in total. The average Bonchev–Trinajstić information content (AvgIpc) is 2.35. The van der Waals surface area contributed by atoms with Crippen molar-refractivity contribution in [2.24, 2.45) is 5.73 Å². The molecule has 0 fully saturated rings. The van der Waals surface area contributed by atoms with E-state index in [0.717, 1.165) is 17.0 Å². The maximum absolute atomic E-state index is 9.16. The maximum Gasteiger partial charge on any atom is 0.0547 e. The molecule has 3 unspecified atom stereocenters. The van der Waals surface area contributed by atoms with Gasteiger partial charge in [0.25, 0.3) is 0 Å². The first kappa shape index (κ1) is 14.8. The van der Waals surface area contributed by atoms with Crippen molar-refractivity contribution in [3.05, 3.63) is 34.9 Å². The van der Waals surface area contributed by atoms with E-state index < -0.39 is 0 Å². The number of hydrogen-bond donors (Lipinski definition) is 2. The fourth-order valence-corrected chi connectivity index (χ4v) is 3.27. The van der Waals surface area contributed by atoms with Gasteiger partial charge in [-0.2, -0.15) is 0 Å². The molecule has 0 saturated carbocycles. The van der Waals surface area contributed by atoms with Crippen molar-refractivity contribution < 1.29 is 5.11 Å². The third-order valence-corrected chi connectivity index (χ3v) is 4.56. The summed E-state index contributed by atoms with van der Waals surface area (Å²) in [7, 11) is 0. The van der Waals surface area contributed by atoms with E-state index in [2.05, 4.69) is 6.92 Å². The molecule has 4 heteroatoms. The predicted octanol–water partition coefficient (Wildman–Crippen LogP) is 3.23. The summed E-state index contributed by atoms with van der Waals surface area (Å²) >= 11 is 7.90. The first-order valence-electron chi connectivity index (χ1n) is 5.86. The zero-order valence-corrected chi connectivity index (χ0v) is 11.8. The largest absolute Gasteiger partial charge is 0.395 e. The zero-order valence-electron chi connectivity index (χ0n) is 10.3. The van der Waals surface area contributed by atoms with Crippen molar-refractivity contribution in [1.29, 1.82) is 0 Å². The quantitative estimate of drug-likeness (QED) is 0.837. The Hall–Kier alpha value is -0.220. The van der Waals surface area contributed by atoms with E-state index in [9.17, 15) is 0 Å². The Balaban J connectivity index is 2.94. The standard InChI is InChI=1S/C13H20ClNOS/c1-3-12(15)13(17-9(2)8-16)10-6-4-5-7-11(10)14/h4-7,9,12-13,16H,3,8,15H2,1-2H3. The van der Waals surface area contributed by atoms with Gasteiger partial charge in [-0.15, -0.1) is 11.8 Å². The van der Waals surface area contributed by atoms with Gasteiger partial charge in [0.05, 0.1) is 6.61 Å². The Morgan fingerprint density at radius 2 is 2.06 bits per heavy atom. The van der Waals surface area contributed by atoms with Gasteiger partial charge in [-0.05, 0) is 18.1 Å². The monoisotopic (exact) mass is 273 g/mol. The van der Waals surface area contributed by atoms with E-state index in [-0.39, 0.29) is 23.1 Å². The minimum Gasteiger partial charge on any atom is -0.395 e. The fourth-order valence-electron chi connectivity index (χ4n) is 1.62. The smallest absolute Gasteiger partial charge is 0.0547 e. The second-order valence-corrected chi connectivity index (χ2v) is 6.14. The number of aliphatic hydroxyl groups is 1. The fraction of sp³-hybridized carbons (Fsp3) is 0.538. The van der Waals surface area contributed by atoms with Crippen LogP contribution in [0.15, 0.2) is 24.3 Å². The molecule has 3 N–H and O–H groups in total. The molecule has 0 spiro atoms. The molecule has 0 aliphatic heterocycles. The minimum atomic E-state index is 0.0499. The van der Waals surface area contributed by atoms with Gasteiger partial charge in [-0.1, -0.05) is 43.6 Å². The summed E-state index contributed by atoms with van der Waals surface area (Å²) in [5.74, 6) is 0. The lowest BCUT2D eigenvalue weighted by Gasteiger charge is -2.26. The molecule has 3 atom stereocenters. The zero-order chi connectivity index (χ0) is 12.8. The van der Waals surface area contributed by atoms with Crippen molar-refractivity contribution in [2.75, 3.05) is 6.61 Å². The Morgan fingerprint density at radius 1 is 1.41 bits per heavy atom. The summed E-state index contributed by atoms with van der Waals surface area (Å²) in [6.07, 6.45) is 0.890. The van der Waals surface area contributed by atoms with Crippen molar-refractivity contribution in [3.8, 4) is 0 Å². The molecule has 0 aliphatic carbocycles. The lowest BCUT2D eigenvalue weighted by atomic mass is 10.0. The van der Waals surface area contributed by atoms with Crippen molar-refractivity contribution in [3.63, 3.8) is 0 Å². The molecule has 96 valence electrons. The maximum atomic E-state index is 9.16. The number of halogens is 1. The second kappa shape index (κ2) is 7.27. The summed E-state index contributed by atoms with van der Waals surface area (Å²) in [5.41, 5.74) is 7.22. The Morgan fingerprint density at radius 3 is 2.59 bits per heavy atom. The van der Waals surface area contributed by atoms with E-state index in [1.807, 2.05) is 31.2 Å². The van der Waals surface area contributed by atoms with Crippen molar-refractivity contribution in [2.45, 2.75) is 36.8 Å². The highest BCUT2D eigenvalue weighted by Gasteiger charge is 2.23. The van der Waals surface area contributed by atoms with E-state index in [4.69, 9.17) is 22.4 Å². The third kappa shape index (κ3) is 4.18. The van der Waals surface area contributed by atoms with Gasteiger partial charge in [0.1, 0.15) is 0 Å². The third-order valence-electron chi connectivity index (χ3n) is 2.71. The van der Waals surface area contributed by atoms with E-state index in [0.29, 0.717) is 0 Å². The van der Waals surface area contributed by atoms with Crippen LogP contribution in [0, 0.1) is 0 Å². The predicted molar refractivity (Wildman–Crippen MR) is 76.6 cm³/mol. The summed E-state index contributed by atoms with van der Waals surface area (Å²) < 4.78 is 0. The summed E-state index contributed by atoms with van der Waals surface area (Å²) in [6, 6.07) is 7.84. The normalized spacial score (nSPS) is 16.5. The van der Waals surface area contributed by atoms with Gasteiger partial charge in [0.2, 0.25) is 0 Å². The molecule has 0 aromatic heterocycles. The van der Waals surface area contributed by atoms with Gasteiger partial charge in [-0.25, -0.2) is 0 Å². The molecule has 17 heavy (non-hydrogen) atoms. The van der Waals surface area contributed by atoms with Gasteiger partial charge in [0, 0.05) is 21.6 Å². The van der Waals surface area contributed by atoms with Crippen molar-refractivity contribution in [1.82, 2.24) is 0 Å². The summed E-state index contributed by atoms with van der Waals surface area (Å²) in [4.78, 5) is 0. The van der Waals surface area contributed by atoms with Crippen LogP contribution >= 0.6 is 23.4 Å². The van der Waals surface area contributed by atoms with Crippen LogP contribution in [0.4, 0.5) is 0 Å². The molecule has 0 amide bonds. The molecule has 0 radical (unpaired) electrons. The van der Waals surface area contributed by atoms with Crippen LogP contribution in [0.1, 0.15) is 31.1 Å². The van der Waals surface area contributed by atoms with Crippen LogP contribution in [0.3, 0.4) is 0 Å². The number of aliphatic hydroxyl groups excluding tert-OH is 1. The highest BCUT2D eigenvalue weighted by Crippen LogP contribution is 2.38. The first-order chi connectivity index (χ1) is 8.10. The molecule has 0 aliphatic rings. The molecule has 0 saturated heterocycles. The average molecular weight is 274 g/mol. The first-order valence-corrected chi connectivity index (χ1v) is 7.18.